The van der Waals surface area contributed by atoms with Crippen LogP contribution in [0.15, 0.2) is 60.7 Å². The number of aliphatic hydroxyl groups excluding tert-OH is 1. The lowest BCUT2D eigenvalue weighted by Crippen LogP contribution is -2.56. The lowest BCUT2D eigenvalue weighted by atomic mass is 9.90. The molecule has 1 fully saturated rings. The highest BCUT2D eigenvalue weighted by atomic mass is 16.7. The third-order valence-corrected chi connectivity index (χ3v) is 5.39. The zero-order valence-corrected chi connectivity index (χ0v) is 20.7. The Hall–Kier alpha value is -2.41. The number of benzene rings is 2. The van der Waals surface area contributed by atoms with Gasteiger partial charge in [0.25, 0.3) is 0 Å². The van der Waals surface area contributed by atoms with E-state index in [4.69, 9.17) is 9.47 Å². The van der Waals surface area contributed by atoms with Crippen molar-refractivity contribution in [1.82, 2.24) is 9.80 Å². The van der Waals surface area contributed by atoms with Crippen molar-refractivity contribution >= 4 is 6.09 Å². The van der Waals surface area contributed by atoms with E-state index in [1.165, 1.54) is 16.0 Å². The predicted octanol–water partition coefficient (Wildman–Crippen LogP) is 5.04. The summed E-state index contributed by atoms with van der Waals surface area (Å²) < 4.78 is 11.2. The van der Waals surface area contributed by atoms with Crippen LogP contribution in [0, 0.1) is 5.92 Å². The number of amides is 1. The monoisotopic (exact) mass is 454 g/mol. The van der Waals surface area contributed by atoms with Crippen LogP contribution in [-0.2, 0) is 9.47 Å². The molecule has 1 heterocycles. The Morgan fingerprint density at radius 1 is 0.939 bits per heavy atom. The third-order valence-electron chi connectivity index (χ3n) is 5.39. The highest BCUT2D eigenvalue weighted by Gasteiger charge is 2.39. The van der Waals surface area contributed by atoms with Crippen LogP contribution >= 0.6 is 0 Å². The molecule has 0 saturated carbocycles. The Labute approximate surface area is 198 Å². The maximum atomic E-state index is 12.9. The van der Waals surface area contributed by atoms with E-state index < -0.39 is 23.7 Å². The second kappa shape index (κ2) is 10.2. The summed E-state index contributed by atoms with van der Waals surface area (Å²) in [4.78, 5) is 16.6. The molecule has 1 unspecified atom stereocenters. The lowest BCUT2D eigenvalue weighted by Gasteiger charge is -2.47. The molecule has 1 amide bonds. The normalized spacial score (nSPS) is 16.4. The van der Waals surface area contributed by atoms with E-state index in [2.05, 4.69) is 53.4 Å². The summed E-state index contributed by atoms with van der Waals surface area (Å²) in [6.45, 7) is 12.9. The quantitative estimate of drug-likeness (QED) is 0.594. The molecule has 0 aromatic heterocycles. The van der Waals surface area contributed by atoms with E-state index in [0.29, 0.717) is 6.54 Å². The van der Waals surface area contributed by atoms with Crippen LogP contribution in [0.5, 0.6) is 0 Å². The Kier molecular flexibility index (Phi) is 7.83. The van der Waals surface area contributed by atoms with E-state index in [9.17, 15) is 9.90 Å². The van der Waals surface area contributed by atoms with Crippen molar-refractivity contribution in [2.24, 2.45) is 5.92 Å². The summed E-state index contributed by atoms with van der Waals surface area (Å²) >= 11 is 0. The maximum Gasteiger partial charge on any atom is 0.414 e. The number of hydrogen-bond acceptors (Lipinski definition) is 5. The summed E-state index contributed by atoms with van der Waals surface area (Å²) in [5.74, 6) is 0.200. The molecule has 180 valence electrons. The molecule has 1 aliphatic rings. The Bertz CT molecular complexity index is 844. The zero-order valence-electron chi connectivity index (χ0n) is 20.7. The number of aliphatic hydroxyl groups is 1. The summed E-state index contributed by atoms with van der Waals surface area (Å²) in [5.41, 5.74) is 1.22. The molecule has 6 nitrogen and oxygen atoms in total. The molecule has 0 bridgehead atoms. The Morgan fingerprint density at radius 2 is 1.42 bits per heavy atom. The second-order valence-electron chi connectivity index (χ2n) is 10.7. The van der Waals surface area contributed by atoms with Crippen molar-refractivity contribution in [3.8, 4) is 0 Å². The number of rotatable bonds is 7. The van der Waals surface area contributed by atoms with Crippen LogP contribution in [0.4, 0.5) is 4.79 Å². The number of carbonyl (C=O) groups is 1. The highest BCUT2D eigenvalue weighted by molar-refractivity contribution is 5.68. The first kappa shape index (κ1) is 25.2. The van der Waals surface area contributed by atoms with Gasteiger partial charge in [-0.3, -0.25) is 9.80 Å². The number of ether oxygens (including phenoxy) is 2. The number of hydrogen-bond donors (Lipinski definition) is 1. The average Bonchev–Trinajstić information content (AvgIpc) is 2.68. The Morgan fingerprint density at radius 3 is 1.85 bits per heavy atom. The summed E-state index contributed by atoms with van der Waals surface area (Å²) in [5, 5.41) is 10.7. The minimum Gasteiger partial charge on any atom is -0.444 e. The van der Waals surface area contributed by atoms with Crippen molar-refractivity contribution < 1.29 is 19.4 Å². The van der Waals surface area contributed by atoms with Gasteiger partial charge < -0.3 is 14.6 Å². The van der Waals surface area contributed by atoms with E-state index in [1.54, 1.807) is 0 Å². The van der Waals surface area contributed by atoms with Crippen LogP contribution in [0.1, 0.15) is 58.7 Å². The van der Waals surface area contributed by atoms with E-state index in [-0.39, 0.29) is 12.0 Å². The first-order valence-corrected chi connectivity index (χ1v) is 11.6. The van der Waals surface area contributed by atoms with Crippen molar-refractivity contribution in [3.05, 3.63) is 71.8 Å². The van der Waals surface area contributed by atoms with Crippen molar-refractivity contribution in [1.29, 1.82) is 0 Å². The molecule has 1 N–H and O–H groups in total. The molecule has 33 heavy (non-hydrogen) atoms. The van der Waals surface area contributed by atoms with Crippen LogP contribution in [0.3, 0.4) is 0 Å². The largest absolute Gasteiger partial charge is 0.444 e. The number of nitrogens with zero attached hydrogens (tertiary/aromatic N) is 2. The van der Waals surface area contributed by atoms with E-state index in [1.807, 2.05) is 53.7 Å². The molecule has 0 aliphatic carbocycles. The van der Waals surface area contributed by atoms with Gasteiger partial charge in [0.05, 0.1) is 11.6 Å². The first-order valence-electron chi connectivity index (χ1n) is 11.6. The van der Waals surface area contributed by atoms with Gasteiger partial charge in [0.2, 0.25) is 6.41 Å². The van der Waals surface area contributed by atoms with Crippen LogP contribution in [0.2, 0.25) is 0 Å². The standard InChI is InChI=1S/C27H38N2O4/c1-26(2,3)32-24(30)29(25(31)33-27(4,5)6)19-20-17-28(18-20)23(21-13-9-7-10-14-21)22-15-11-8-12-16-22/h7-16,20,23-24,30H,17-19H2,1-6H3. The van der Waals surface area contributed by atoms with Gasteiger partial charge in [-0.15, -0.1) is 0 Å². The minimum absolute atomic E-state index is 0.148. The summed E-state index contributed by atoms with van der Waals surface area (Å²) in [6.07, 6.45) is -1.94. The predicted molar refractivity (Wildman–Crippen MR) is 130 cm³/mol. The molecule has 3 rings (SSSR count). The molecule has 1 atom stereocenters. The summed E-state index contributed by atoms with van der Waals surface area (Å²) in [6, 6.07) is 21.1. The molecular weight excluding hydrogens is 416 g/mol. The smallest absolute Gasteiger partial charge is 0.414 e. The third kappa shape index (κ3) is 7.29. The van der Waals surface area contributed by atoms with Gasteiger partial charge in [-0.25, -0.2) is 4.79 Å². The SMILES string of the molecule is CC(C)(C)OC(=O)N(CC1CN(C(c2ccccc2)c2ccccc2)C1)C(O)OC(C)(C)C. The van der Waals surface area contributed by atoms with Crippen LogP contribution in [-0.4, -0.2) is 58.2 Å². The molecule has 1 aliphatic heterocycles. The fourth-order valence-corrected chi connectivity index (χ4v) is 4.05. The topological polar surface area (TPSA) is 62.2 Å². The average molecular weight is 455 g/mol. The molecule has 0 spiro atoms. The highest BCUT2D eigenvalue weighted by Crippen LogP contribution is 2.35. The first-order chi connectivity index (χ1) is 15.4. The minimum atomic E-state index is -1.37. The van der Waals surface area contributed by atoms with Crippen molar-refractivity contribution in [2.45, 2.75) is 65.2 Å². The fraction of sp³-hybridized carbons (Fsp3) is 0.519. The fourth-order valence-electron chi connectivity index (χ4n) is 4.05. The van der Waals surface area contributed by atoms with Gasteiger partial charge in [0.15, 0.2) is 0 Å². The molecule has 0 radical (unpaired) electrons. The van der Waals surface area contributed by atoms with Crippen molar-refractivity contribution in [2.75, 3.05) is 19.6 Å². The van der Waals surface area contributed by atoms with Gasteiger partial charge in [-0.05, 0) is 52.7 Å². The van der Waals surface area contributed by atoms with Crippen molar-refractivity contribution in [3.63, 3.8) is 0 Å². The van der Waals surface area contributed by atoms with E-state index >= 15 is 0 Å². The molecule has 6 heteroatoms. The maximum absolute atomic E-state index is 12.9. The van der Waals surface area contributed by atoms with Gasteiger partial charge >= 0.3 is 6.09 Å². The summed E-state index contributed by atoms with van der Waals surface area (Å²) in [7, 11) is 0. The molecule has 1 saturated heterocycles. The lowest BCUT2D eigenvalue weighted by molar-refractivity contribution is -0.234. The zero-order chi connectivity index (χ0) is 24.2. The number of likely N-dealkylation sites (tertiary alicyclic amines) is 1. The van der Waals surface area contributed by atoms with Crippen LogP contribution < -0.4 is 0 Å². The molecular formula is C27H38N2O4. The molecule has 2 aromatic carbocycles. The van der Waals surface area contributed by atoms with Gasteiger partial charge in [-0.2, -0.15) is 0 Å². The number of carbonyl (C=O) groups excluding carboxylic acids is 1. The molecule has 2 aromatic rings. The Balaban J connectivity index is 1.72. The van der Waals surface area contributed by atoms with Gasteiger partial charge in [0, 0.05) is 25.6 Å². The van der Waals surface area contributed by atoms with Gasteiger partial charge in [0.1, 0.15) is 5.60 Å². The van der Waals surface area contributed by atoms with Crippen LogP contribution in [0.25, 0.3) is 0 Å². The van der Waals surface area contributed by atoms with Gasteiger partial charge in [-0.1, -0.05) is 60.7 Å². The second-order valence-corrected chi connectivity index (χ2v) is 10.7. The van der Waals surface area contributed by atoms with E-state index in [0.717, 1.165) is 13.1 Å².